The molecule has 1 aliphatic carbocycles. The van der Waals surface area contributed by atoms with Gasteiger partial charge in [0.25, 0.3) is 5.91 Å². The second kappa shape index (κ2) is 8.14. The second-order valence-corrected chi connectivity index (χ2v) is 7.35. The fraction of sp³-hybridized carbons (Fsp3) is 0.579. The molecule has 4 rings (SSSR count). The van der Waals surface area contributed by atoms with Gasteiger partial charge in [-0.05, 0) is 44.2 Å². The zero-order valence-electron chi connectivity index (χ0n) is 15.2. The van der Waals surface area contributed by atoms with Crippen molar-refractivity contribution in [1.82, 2.24) is 25.3 Å². The van der Waals surface area contributed by atoms with Gasteiger partial charge in [-0.25, -0.2) is 0 Å². The SMILES string of the molecule is O=C(N[C@@H]1CC[C@@H](CCn2cc(C3CC3)nn2)O[C@H]1CO)c1cccnc1. The van der Waals surface area contributed by atoms with Crippen molar-refractivity contribution in [2.45, 2.75) is 62.8 Å². The molecule has 1 aliphatic heterocycles. The molecule has 0 bridgehead atoms. The molecule has 3 atom stereocenters. The number of hydrogen-bond acceptors (Lipinski definition) is 6. The number of amides is 1. The number of rotatable bonds is 7. The van der Waals surface area contributed by atoms with Crippen LogP contribution >= 0.6 is 0 Å². The predicted octanol–water partition coefficient (Wildman–Crippen LogP) is 1.28. The molecule has 1 saturated heterocycles. The van der Waals surface area contributed by atoms with Crippen molar-refractivity contribution in [1.29, 1.82) is 0 Å². The first kappa shape index (κ1) is 18.1. The van der Waals surface area contributed by atoms with E-state index in [-0.39, 0.29) is 24.7 Å². The fourth-order valence-corrected chi connectivity index (χ4v) is 3.52. The Morgan fingerprint density at radius 1 is 1.33 bits per heavy atom. The number of aliphatic hydroxyl groups excluding tert-OH is 1. The van der Waals surface area contributed by atoms with E-state index in [1.165, 1.54) is 19.0 Å². The molecule has 0 spiro atoms. The first-order valence-electron chi connectivity index (χ1n) is 9.60. The van der Waals surface area contributed by atoms with Gasteiger partial charge >= 0.3 is 0 Å². The molecule has 0 unspecified atom stereocenters. The third-order valence-corrected chi connectivity index (χ3v) is 5.27. The number of aliphatic hydroxyl groups is 1. The van der Waals surface area contributed by atoms with Crippen LogP contribution in [-0.4, -0.2) is 55.8 Å². The van der Waals surface area contributed by atoms with Gasteiger partial charge in [-0.15, -0.1) is 5.10 Å². The first-order valence-corrected chi connectivity index (χ1v) is 9.60. The maximum absolute atomic E-state index is 12.3. The van der Waals surface area contributed by atoms with Crippen LogP contribution in [0.4, 0.5) is 0 Å². The molecule has 2 N–H and O–H groups in total. The summed E-state index contributed by atoms with van der Waals surface area (Å²) < 4.78 is 7.91. The van der Waals surface area contributed by atoms with E-state index in [9.17, 15) is 9.90 Å². The van der Waals surface area contributed by atoms with Crippen molar-refractivity contribution in [2.75, 3.05) is 6.61 Å². The molecule has 2 fully saturated rings. The van der Waals surface area contributed by atoms with Crippen molar-refractivity contribution in [3.63, 3.8) is 0 Å². The summed E-state index contributed by atoms with van der Waals surface area (Å²) in [4.78, 5) is 16.3. The Morgan fingerprint density at radius 2 is 2.22 bits per heavy atom. The minimum Gasteiger partial charge on any atom is -0.394 e. The lowest BCUT2D eigenvalue weighted by Gasteiger charge is -2.36. The number of carbonyl (C=O) groups is 1. The van der Waals surface area contributed by atoms with Crippen LogP contribution in [0.25, 0.3) is 0 Å². The van der Waals surface area contributed by atoms with Gasteiger partial charge in [-0.3, -0.25) is 14.5 Å². The number of ether oxygens (including phenoxy) is 1. The second-order valence-electron chi connectivity index (χ2n) is 7.35. The molecule has 8 nitrogen and oxygen atoms in total. The highest BCUT2D eigenvalue weighted by Gasteiger charge is 2.32. The third-order valence-electron chi connectivity index (χ3n) is 5.27. The lowest BCUT2D eigenvalue weighted by atomic mass is 9.97. The Bertz CT molecular complexity index is 762. The van der Waals surface area contributed by atoms with Crippen LogP contribution in [-0.2, 0) is 11.3 Å². The summed E-state index contributed by atoms with van der Waals surface area (Å²) in [6, 6.07) is 3.24. The molecule has 2 aromatic heterocycles. The average molecular weight is 371 g/mol. The van der Waals surface area contributed by atoms with Crippen LogP contribution in [0, 0.1) is 0 Å². The summed E-state index contributed by atoms with van der Waals surface area (Å²) in [6.07, 6.45) is 9.68. The van der Waals surface area contributed by atoms with Crippen molar-refractivity contribution in [3.8, 4) is 0 Å². The fourth-order valence-electron chi connectivity index (χ4n) is 3.52. The quantitative estimate of drug-likeness (QED) is 0.760. The predicted molar refractivity (Wildman–Crippen MR) is 97.1 cm³/mol. The van der Waals surface area contributed by atoms with Crippen molar-refractivity contribution in [3.05, 3.63) is 42.0 Å². The normalized spacial score (nSPS) is 25.3. The Kier molecular flexibility index (Phi) is 5.45. The van der Waals surface area contributed by atoms with Gasteiger partial charge in [-0.2, -0.15) is 0 Å². The van der Waals surface area contributed by atoms with E-state index < -0.39 is 6.10 Å². The zero-order chi connectivity index (χ0) is 18.6. The third kappa shape index (κ3) is 4.51. The van der Waals surface area contributed by atoms with Gasteiger partial charge in [0.2, 0.25) is 0 Å². The summed E-state index contributed by atoms with van der Waals surface area (Å²) in [5.74, 6) is 0.413. The van der Waals surface area contributed by atoms with E-state index >= 15 is 0 Å². The van der Waals surface area contributed by atoms with E-state index in [0.29, 0.717) is 11.5 Å². The van der Waals surface area contributed by atoms with Crippen LogP contribution in [0.5, 0.6) is 0 Å². The topological polar surface area (TPSA) is 102 Å². The lowest BCUT2D eigenvalue weighted by Crippen LogP contribution is -2.51. The van der Waals surface area contributed by atoms with Crippen molar-refractivity contribution < 1.29 is 14.6 Å². The van der Waals surface area contributed by atoms with E-state index in [1.54, 1.807) is 18.3 Å². The van der Waals surface area contributed by atoms with Gasteiger partial charge in [0.15, 0.2) is 0 Å². The minimum absolute atomic E-state index is 0.0438. The Morgan fingerprint density at radius 3 is 2.96 bits per heavy atom. The van der Waals surface area contributed by atoms with Gasteiger partial charge in [-0.1, -0.05) is 5.21 Å². The molecule has 144 valence electrons. The van der Waals surface area contributed by atoms with Crippen molar-refractivity contribution in [2.24, 2.45) is 0 Å². The van der Waals surface area contributed by atoms with Crippen LogP contribution in [0.2, 0.25) is 0 Å². The smallest absolute Gasteiger partial charge is 0.253 e. The van der Waals surface area contributed by atoms with Gasteiger partial charge in [0.05, 0.1) is 30.0 Å². The molecule has 0 radical (unpaired) electrons. The minimum atomic E-state index is -0.401. The number of hydrogen-bond donors (Lipinski definition) is 2. The van der Waals surface area contributed by atoms with Gasteiger partial charge < -0.3 is 15.2 Å². The molecule has 2 aromatic rings. The van der Waals surface area contributed by atoms with Gasteiger partial charge in [0, 0.05) is 31.1 Å². The molecule has 2 aliphatic rings. The molecule has 1 amide bonds. The van der Waals surface area contributed by atoms with Gasteiger partial charge in [0.1, 0.15) is 6.10 Å². The van der Waals surface area contributed by atoms with Crippen molar-refractivity contribution >= 4 is 5.91 Å². The average Bonchev–Trinajstić information content (AvgIpc) is 3.46. The number of nitrogens with zero attached hydrogens (tertiary/aromatic N) is 4. The zero-order valence-corrected chi connectivity index (χ0v) is 15.2. The number of nitrogens with one attached hydrogen (secondary N) is 1. The first-order chi connectivity index (χ1) is 13.2. The number of aromatic nitrogens is 4. The van der Waals surface area contributed by atoms with Crippen LogP contribution < -0.4 is 5.32 Å². The molecule has 0 aromatic carbocycles. The summed E-state index contributed by atoms with van der Waals surface area (Å²) in [7, 11) is 0. The van der Waals surface area contributed by atoms with E-state index in [4.69, 9.17) is 4.74 Å². The molecular formula is C19H25N5O3. The summed E-state index contributed by atoms with van der Waals surface area (Å²) in [5.41, 5.74) is 1.60. The molecular weight excluding hydrogens is 346 g/mol. The lowest BCUT2D eigenvalue weighted by molar-refractivity contribution is -0.0912. The highest BCUT2D eigenvalue weighted by Crippen LogP contribution is 2.38. The summed E-state index contributed by atoms with van der Waals surface area (Å²) >= 11 is 0. The van der Waals surface area contributed by atoms with E-state index in [1.807, 2.05) is 10.9 Å². The van der Waals surface area contributed by atoms with Crippen LogP contribution in [0.1, 0.15) is 54.1 Å². The maximum Gasteiger partial charge on any atom is 0.253 e. The molecule has 8 heteroatoms. The summed E-state index contributed by atoms with van der Waals surface area (Å²) in [5, 5.41) is 21.1. The van der Waals surface area contributed by atoms with E-state index in [0.717, 1.165) is 31.5 Å². The van der Waals surface area contributed by atoms with Crippen LogP contribution in [0.15, 0.2) is 30.7 Å². The van der Waals surface area contributed by atoms with E-state index in [2.05, 4.69) is 20.6 Å². The maximum atomic E-state index is 12.3. The highest BCUT2D eigenvalue weighted by molar-refractivity contribution is 5.94. The Labute approximate surface area is 157 Å². The number of carbonyl (C=O) groups excluding carboxylic acids is 1. The molecule has 27 heavy (non-hydrogen) atoms. The number of aryl methyl sites for hydroxylation is 1. The number of pyridine rings is 1. The monoisotopic (exact) mass is 371 g/mol. The standard InChI is InChI=1S/C19H25N5O3/c25-12-18-16(21-19(26)14-2-1-8-20-10-14)6-5-15(27-18)7-9-24-11-17(22-23-24)13-3-4-13/h1-2,8,10-11,13,15-16,18,25H,3-7,9,12H2,(H,21,26)/t15-,16+,18-/m0/s1. The molecule has 3 heterocycles. The Hall–Kier alpha value is -2.32. The molecule has 1 saturated carbocycles. The highest BCUT2D eigenvalue weighted by atomic mass is 16.5. The van der Waals surface area contributed by atoms with Crippen LogP contribution in [0.3, 0.4) is 0 Å². The summed E-state index contributed by atoms with van der Waals surface area (Å²) in [6.45, 7) is 0.624. The largest absolute Gasteiger partial charge is 0.394 e. The Balaban J connectivity index is 1.27.